The molecule has 0 bridgehead atoms. The molecular weight excluding hydrogens is 352 g/mol. The molecule has 0 spiro atoms. The van der Waals surface area contributed by atoms with Crippen LogP contribution < -0.4 is 0 Å². The van der Waals surface area contributed by atoms with Gasteiger partial charge in [-0.15, -0.1) is 0 Å². The standard InChI is InChI=1S/C16H20BrClN2O/c1-11-9-19-5-3-2-4-15(19)10-20(11)16(21)12-6-13(17)8-14(18)7-12/h6-8,11,15H,2-5,9-10H2,1H3. The Kier molecular flexibility index (Phi) is 4.57. The Hall–Kier alpha value is -0.580. The van der Waals surface area contributed by atoms with Gasteiger partial charge in [0.05, 0.1) is 0 Å². The molecule has 0 aromatic heterocycles. The largest absolute Gasteiger partial charge is 0.333 e. The summed E-state index contributed by atoms with van der Waals surface area (Å²) in [5.41, 5.74) is 0.672. The summed E-state index contributed by atoms with van der Waals surface area (Å²) in [6.45, 7) is 5.14. The van der Waals surface area contributed by atoms with E-state index >= 15 is 0 Å². The second-order valence-corrected chi connectivity index (χ2v) is 7.46. The zero-order valence-corrected chi connectivity index (χ0v) is 14.5. The zero-order valence-electron chi connectivity index (χ0n) is 12.2. The van der Waals surface area contributed by atoms with E-state index < -0.39 is 0 Å². The Morgan fingerprint density at radius 2 is 2.10 bits per heavy atom. The van der Waals surface area contributed by atoms with Crippen molar-refractivity contribution in [3.63, 3.8) is 0 Å². The summed E-state index contributed by atoms with van der Waals surface area (Å²) in [5.74, 6) is 0.0934. The third-order valence-corrected chi connectivity index (χ3v) is 5.23. The molecule has 2 aliphatic heterocycles. The highest BCUT2D eigenvalue weighted by molar-refractivity contribution is 9.10. The van der Waals surface area contributed by atoms with E-state index in [0.29, 0.717) is 16.6 Å². The Morgan fingerprint density at radius 3 is 2.86 bits per heavy atom. The lowest BCUT2D eigenvalue weighted by Crippen LogP contribution is -2.60. The minimum Gasteiger partial charge on any atom is -0.333 e. The number of carbonyl (C=O) groups is 1. The Morgan fingerprint density at radius 1 is 1.29 bits per heavy atom. The second-order valence-electron chi connectivity index (χ2n) is 6.11. The summed E-state index contributed by atoms with van der Waals surface area (Å²) in [4.78, 5) is 17.4. The van der Waals surface area contributed by atoms with E-state index in [2.05, 4.69) is 27.8 Å². The van der Waals surface area contributed by atoms with Gasteiger partial charge >= 0.3 is 0 Å². The van der Waals surface area contributed by atoms with E-state index in [1.165, 1.54) is 25.8 Å². The third kappa shape index (κ3) is 3.27. The highest BCUT2D eigenvalue weighted by Gasteiger charge is 2.35. The van der Waals surface area contributed by atoms with Crippen molar-refractivity contribution in [3.8, 4) is 0 Å². The van der Waals surface area contributed by atoms with Gasteiger partial charge in [0.25, 0.3) is 5.91 Å². The summed E-state index contributed by atoms with van der Waals surface area (Å²) in [6, 6.07) is 6.20. The van der Waals surface area contributed by atoms with Crippen LogP contribution in [-0.2, 0) is 0 Å². The van der Waals surface area contributed by atoms with Crippen LogP contribution in [0.3, 0.4) is 0 Å². The van der Waals surface area contributed by atoms with Gasteiger partial charge in [-0.05, 0) is 44.5 Å². The summed E-state index contributed by atoms with van der Waals surface area (Å²) < 4.78 is 0.849. The van der Waals surface area contributed by atoms with Crippen molar-refractivity contribution in [1.82, 2.24) is 9.80 Å². The fraction of sp³-hybridized carbons (Fsp3) is 0.562. The van der Waals surface area contributed by atoms with Gasteiger partial charge in [0.2, 0.25) is 0 Å². The first-order chi connectivity index (χ1) is 10.0. The quantitative estimate of drug-likeness (QED) is 0.749. The minimum atomic E-state index is 0.0934. The molecule has 21 heavy (non-hydrogen) atoms. The van der Waals surface area contributed by atoms with E-state index in [1.54, 1.807) is 12.1 Å². The van der Waals surface area contributed by atoms with Gasteiger partial charge in [-0.3, -0.25) is 9.69 Å². The van der Waals surface area contributed by atoms with Crippen LogP contribution in [-0.4, -0.2) is 47.4 Å². The molecule has 2 fully saturated rings. The lowest BCUT2D eigenvalue weighted by atomic mass is 9.96. The van der Waals surface area contributed by atoms with Crippen molar-refractivity contribution in [2.45, 2.75) is 38.3 Å². The van der Waals surface area contributed by atoms with E-state index in [1.807, 2.05) is 11.0 Å². The smallest absolute Gasteiger partial charge is 0.254 e. The first kappa shape index (κ1) is 15.3. The molecule has 0 N–H and O–H groups in total. The molecular formula is C16H20BrClN2O. The number of halogens is 2. The second kappa shape index (κ2) is 6.27. The molecule has 0 aliphatic carbocycles. The van der Waals surface area contributed by atoms with Crippen molar-refractivity contribution in [2.24, 2.45) is 0 Å². The molecule has 3 rings (SSSR count). The van der Waals surface area contributed by atoms with Crippen molar-refractivity contribution in [1.29, 1.82) is 0 Å². The van der Waals surface area contributed by atoms with Gasteiger partial charge in [-0.2, -0.15) is 0 Å². The maximum Gasteiger partial charge on any atom is 0.254 e. The van der Waals surface area contributed by atoms with Gasteiger partial charge in [-0.1, -0.05) is 34.0 Å². The Bertz CT molecular complexity index is 531. The van der Waals surface area contributed by atoms with Gasteiger partial charge in [0.15, 0.2) is 0 Å². The van der Waals surface area contributed by atoms with Crippen molar-refractivity contribution < 1.29 is 4.79 Å². The molecule has 3 nitrogen and oxygen atoms in total. The Labute approximate surface area is 139 Å². The van der Waals surface area contributed by atoms with Crippen molar-refractivity contribution in [3.05, 3.63) is 33.3 Å². The van der Waals surface area contributed by atoms with Crippen LogP contribution in [0.5, 0.6) is 0 Å². The predicted octanol–water partition coefficient (Wildman–Crippen LogP) is 3.80. The molecule has 2 saturated heterocycles. The average Bonchev–Trinajstić information content (AvgIpc) is 2.44. The molecule has 0 radical (unpaired) electrons. The minimum absolute atomic E-state index is 0.0934. The van der Waals surface area contributed by atoms with Crippen molar-refractivity contribution in [2.75, 3.05) is 19.6 Å². The average molecular weight is 372 g/mol. The molecule has 5 heteroatoms. The number of carbonyl (C=O) groups excluding carboxylic acids is 1. The van der Waals surface area contributed by atoms with Gasteiger partial charge in [0.1, 0.15) is 0 Å². The van der Waals surface area contributed by atoms with Gasteiger partial charge < -0.3 is 4.90 Å². The molecule has 2 unspecified atom stereocenters. The lowest BCUT2D eigenvalue weighted by Gasteiger charge is -2.47. The number of piperazine rings is 1. The normalized spacial score (nSPS) is 26.5. The molecule has 0 saturated carbocycles. The number of fused-ring (bicyclic) bond motifs is 1. The lowest BCUT2D eigenvalue weighted by molar-refractivity contribution is 0.0151. The van der Waals surface area contributed by atoms with Crippen molar-refractivity contribution >= 4 is 33.4 Å². The molecule has 1 aromatic rings. The number of hydrogen-bond donors (Lipinski definition) is 0. The molecule has 1 aromatic carbocycles. The molecule has 114 valence electrons. The maximum atomic E-state index is 12.8. The molecule has 2 heterocycles. The van der Waals surface area contributed by atoms with E-state index in [0.717, 1.165) is 17.6 Å². The summed E-state index contributed by atoms with van der Waals surface area (Å²) in [6.07, 6.45) is 3.77. The number of piperidine rings is 1. The van der Waals surface area contributed by atoms with Crippen LogP contribution >= 0.6 is 27.5 Å². The fourth-order valence-electron chi connectivity index (χ4n) is 3.48. The van der Waals surface area contributed by atoms with Crippen LogP contribution in [0, 0.1) is 0 Å². The van der Waals surface area contributed by atoms with Crippen LogP contribution in [0.2, 0.25) is 5.02 Å². The van der Waals surface area contributed by atoms with E-state index in [4.69, 9.17) is 11.6 Å². The summed E-state index contributed by atoms with van der Waals surface area (Å²) in [7, 11) is 0. The third-order valence-electron chi connectivity index (χ3n) is 4.56. The number of nitrogens with zero attached hydrogens (tertiary/aromatic N) is 2. The number of amides is 1. The summed E-state index contributed by atoms with van der Waals surface area (Å²) in [5, 5.41) is 0.594. The van der Waals surface area contributed by atoms with E-state index in [-0.39, 0.29) is 11.9 Å². The molecule has 1 amide bonds. The first-order valence-electron chi connectivity index (χ1n) is 7.55. The molecule has 2 aliphatic rings. The van der Waals surface area contributed by atoms with Gasteiger partial charge in [0, 0.05) is 40.2 Å². The van der Waals surface area contributed by atoms with Crippen LogP contribution in [0.4, 0.5) is 0 Å². The van der Waals surface area contributed by atoms with Crippen LogP contribution in [0.25, 0.3) is 0 Å². The first-order valence-corrected chi connectivity index (χ1v) is 8.73. The number of benzene rings is 1. The predicted molar refractivity (Wildman–Crippen MR) is 88.9 cm³/mol. The maximum absolute atomic E-state index is 12.8. The van der Waals surface area contributed by atoms with Gasteiger partial charge in [-0.25, -0.2) is 0 Å². The topological polar surface area (TPSA) is 23.6 Å². The van der Waals surface area contributed by atoms with Crippen LogP contribution in [0.1, 0.15) is 36.5 Å². The van der Waals surface area contributed by atoms with Crippen LogP contribution in [0.15, 0.2) is 22.7 Å². The zero-order chi connectivity index (χ0) is 15.0. The Balaban J connectivity index is 1.80. The number of rotatable bonds is 1. The van der Waals surface area contributed by atoms with E-state index in [9.17, 15) is 4.79 Å². The monoisotopic (exact) mass is 370 g/mol. The summed E-state index contributed by atoms with van der Waals surface area (Å²) >= 11 is 9.48. The number of hydrogen-bond acceptors (Lipinski definition) is 2. The SMILES string of the molecule is CC1CN2CCCCC2CN1C(=O)c1cc(Cl)cc(Br)c1. The highest BCUT2D eigenvalue weighted by Crippen LogP contribution is 2.27. The molecule has 2 atom stereocenters. The highest BCUT2D eigenvalue weighted by atomic mass is 79.9. The fourth-order valence-corrected chi connectivity index (χ4v) is 4.34.